The number of amides is 3. The van der Waals surface area contributed by atoms with Crippen molar-refractivity contribution in [2.24, 2.45) is 5.92 Å². The molecule has 9 heteroatoms. The molecule has 1 spiro atoms. The van der Waals surface area contributed by atoms with Crippen LogP contribution in [-0.4, -0.2) is 82.1 Å². The summed E-state index contributed by atoms with van der Waals surface area (Å²) in [5.41, 5.74) is -0.422. The summed E-state index contributed by atoms with van der Waals surface area (Å²) >= 11 is 0. The summed E-state index contributed by atoms with van der Waals surface area (Å²) in [5.74, 6) is 0.685. The summed E-state index contributed by atoms with van der Waals surface area (Å²) in [4.78, 5) is 42.3. The molecule has 1 aliphatic carbocycles. The second-order valence-corrected chi connectivity index (χ2v) is 7.68. The third kappa shape index (κ3) is 2.22. The molecule has 26 heavy (non-hydrogen) atoms. The fourth-order valence-electron chi connectivity index (χ4n) is 4.19. The van der Waals surface area contributed by atoms with Gasteiger partial charge in [-0.25, -0.2) is 4.79 Å². The lowest BCUT2D eigenvalue weighted by Crippen LogP contribution is -2.72. The predicted octanol–water partition coefficient (Wildman–Crippen LogP) is 0.251. The fourth-order valence-corrected chi connectivity index (χ4v) is 4.19. The molecule has 0 aromatic carbocycles. The lowest BCUT2D eigenvalue weighted by atomic mass is 9.84. The molecule has 1 atom stereocenters. The van der Waals surface area contributed by atoms with Gasteiger partial charge in [-0.05, 0) is 19.8 Å². The van der Waals surface area contributed by atoms with Crippen LogP contribution in [-0.2, 0) is 9.53 Å². The van der Waals surface area contributed by atoms with Crippen molar-refractivity contribution in [3.63, 3.8) is 0 Å². The Kier molecular flexibility index (Phi) is 3.14. The summed E-state index contributed by atoms with van der Waals surface area (Å²) in [5, 5.41) is 3.79. The van der Waals surface area contributed by atoms with Crippen molar-refractivity contribution in [1.82, 2.24) is 19.9 Å². The maximum Gasteiger partial charge on any atom is 0.411 e. The minimum absolute atomic E-state index is 0.153. The van der Waals surface area contributed by atoms with Crippen LogP contribution in [0.25, 0.3) is 0 Å². The molecule has 1 aromatic heterocycles. The van der Waals surface area contributed by atoms with Gasteiger partial charge in [-0.2, -0.15) is 0 Å². The molecule has 3 aliphatic heterocycles. The standard InChI is InChI=1S/C17H20N4O5/c1-10-6-12(18-26-10)15(23)19-4-5-21-13(7-19)17(25-16(21)24)8-20(9-17)14(22)11-2-3-11/h6,11,13H,2-5,7-9H2,1H3. The number of aromatic nitrogens is 1. The number of ether oxygens (including phenoxy) is 1. The van der Waals surface area contributed by atoms with Crippen molar-refractivity contribution in [2.45, 2.75) is 31.4 Å². The van der Waals surface area contributed by atoms with E-state index in [4.69, 9.17) is 9.26 Å². The molecule has 4 aliphatic rings. The Hall–Kier alpha value is -2.58. The zero-order chi connectivity index (χ0) is 18.1. The Morgan fingerprint density at radius 2 is 2.00 bits per heavy atom. The Balaban J connectivity index is 1.32. The predicted molar refractivity (Wildman–Crippen MR) is 86.2 cm³/mol. The lowest BCUT2D eigenvalue weighted by Gasteiger charge is -2.51. The molecule has 0 radical (unpaired) electrons. The van der Waals surface area contributed by atoms with Crippen molar-refractivity contribution in [3.8, 4) is 0 Å². The van der Waals surface area contributed by atoms with Crippen LogP contribution in [0.1, 0.15) is 29.1 Å². The third-order valence-corrected chi connectivity index (χ3v) is 5.80. The van der Waals surface area contributed by atoms with Crippen molar-refractivity contribution in [1.29, 1.82) is 0 Å². The Morgan fingerprint density at radius 3 is 2.65 bits per heavy atom. The zero-order valence-electron chi connectivity index (χ0n) is 14.5. The van der Waals surface area contributed by atoms with E-state index in [-0.39, 0.29) is 35.6 Å². The number of rotatable bonds is 2. The molecule has 1 unspecified atom stereocenters. The number of carbonyl (C=O) groups is 3. The first kappa shape index (κ1) is 15.7. The Labute approximate surface area is 149 Å². The molecule has 4 heterocycles. The van der Waals surface area contributed by atoms with Crippen LogP contribution >= 0.6 is 0 Å². The van der Waals surface area contributed by atoms with Gasteiger partial charge < -0.3 is 19.1 Å². The van der Waals surface area contributed by atoms with Crippen molar-refractivity contribution >= 4 is 17.9 Å². The third-order valence-electron chi connectivity index (χ3n) is 5.80. The normalized spacial score (nSPS) is 26.6. The maximum atomic E-state index is 12.7. The summed E-state index contributed by atoms with van der Waals surface area (Å²) < 4.78 is 10.7. The highest BCUT2D eigenvalue weighted by Gasteiger charge is 2.63. The molecule has 3 saturated heterocycles. The number of carbonyl (C=O) groups excluding carboxylic acids is 3. The minimum atomic E-state index is -0.694. The average Bonchev–Trinajstić information content (AvgIpc) is 3.30. The van der Waals surface area contributed by atoms with Gasteiger partial charge in [0.05, 0.1) is 19.1 Å². The van der Waals surface area contributed by atoms with E-state index < -0.39 is 5.60 Å². The van der Waals surface area contributed by atoms with Crippen LogP contribution in [0.3, 0.4) is 0 Å². The van der Waals surface area contributed by atoms with Gasteiger partial charge in [-0.1, -0.05) is 5.16 Å². The molecule has 0 bridgehead atoms. The first-order chi connectivity index (χ1) is 12.5. The number of likely N-dealkylation sites (tertiary alicyclic amines) is 1. The number of hydrogen-bond acceptors (Lipinski definition) is 6. The van der Waals surface area contributed by atoms with Crippen LogP contribution in [0, 0.1) is 12.8 Å². The number of nitrogens with zero attached hydrogens (tertiary/aromatic N) is 4. The SMILES string of the molecule is Cc1cc(C(=O)N2CCN3C(=O)OC4(CN(C(=O)C5CC5)C4)C3C2)no1. The molecule has 1 aromatic rings. The summed E-state index contributed by atoms with van der Waals surface area (Å²) in [7, 11) is 0. The van der Waals surface area contributed by atoms with Crippen LogP contribution in [0.2, 0.25) is 0 Å². The van der Waals surface area contributed by atoms with Gasteiger partial charge in [0.1, 0.15) is 5.76 Å². The smallest absolute Gasteiger partial charge is 0.411 e. The molecular weight excluding hydrogens is 340 g/mol. The van der Waals surface area contributed by atoms with E-state index in [1.165, 1.54) is 0 Å². The number of aryl methyl sites for hydroxylation is 1. The topological polar surface area (TPSA) is 96.2 Å². The quantitative estimate of drug-likeness (QED) is 0.750. The molecule has 5 rings (SSSR count). The van der Waals surface area contributed by atoms with Gasteiger partial charge in [-0.3, -0.25) is 14.5 Å². The molecule has 1 saturated carbocycles. The van der Waals surface area contributed by atoms with Gasteiger partial charge in [0.25, 0.3) is 5.91 Å². The van der Waals surface area contributed by atoms with E-state index in [0.717, 1.165) is 12.8 Å². The monoisotopic (exact) mass is 360 g/mol. The highest BCUT2D eigenvalue weighted by Crippen LogP contribution is 2.42. The number of piperazine rings is 1. The molecule has 9 nitrogen and oxygen atoms in total. The molecule has 0 N–H and O–H groups in total. The van der Waals surface area contributed by atoms with E-state index in [1.807, 2.05) is 0 Å². The lowest BCUT2D eigenvalue weighted by molar-refractivity contribution is -0.156. The average molecular weight is 360 g/mol. The molecular formula is C17H20N4O5. The van der Waals surface area contributed by atoms with Gasteiger partial charge in [-0.15, -0.1) is 0 Å². The highest BCUT2D eigenvalue weighted by molar-refractivity contribution is 5.92. The second kappa shape index (κ2) is 5.21. The number of hydrogen-bond donors (Lipinski definition) is 0. The Morgan fingerprint density at radius 1 is 1.23 bits per heavy atom. The van der Waals surface area contributed by atoms with Crippen LogP contribution in [0.5, 0.6) is 0 Å². The summed E-state index contributed by atoms with van der Waals surface area (Å²) in [6.07, 6.45) is 1.56. The van der Waals surface area contributed by atoms with Gasteiger partial charge in [0.2, 0.25) is 5.91 Å². The van der Waals surface area contributed by atoms with E-state index in [9.17, 15) is 14.4 Å². The largest absolute Gasteiger partial charge is 0.437 e. The fraction of sp³-hybridized carbons (Fsp3) is 0.647. The van der Waals surface area contributed by atoms with Crippen LogP contribution in [0.15, 0.2) is 10.6 Å². The van der Waals surface area contributed by atoms with E-state index in [1.54, 1.807) is 27.7 Å². The molecule has 3 amide bonds. The molecule has 4 fully saturated rings. The first-order valence-corrected chi connectivity index (χ1v) is 8.98. The molecule has 138 valence electrons. The van der Waals surface area contributed by atoms with Crippen molar-refractivity contribution in [3.05, 3.63) is 17.5 Å². The number of fused-ring (bicyclic) bond motifs is 2. The van der Waals surface area contributed by atoms with Gasteiger partial charge in [0, 0.05) is 31.6 Å². The van der Waals surface area contributed by atoms with Crippen molar-refractivity contribution in [2.75, 3.05) is 32.7 Å². The summed E-state index contributed by atoms with van der Waals surface area (Å²) in [6.45, 7) is 3.80. The van der Waals surface area contributed by atoms with E-state index in [2.05, 4.69) is 5.16 Å². The maximum absolute atomic E-state index is 12.7. The Bertz CT molecular complexity index is 795. The van der Waals surface area contributed by atoms with E-state index >= 15 is 0 Å². The van der Waals surface area contributed by atoms with Gasteiger partial charge >= 0.3 is 6.09 Å². The first-order valence-electron chi connectivity index (χ1n) is 8.98. The highest BCUT2D eigenvalue weighted by atomic mass is 16.6. The minimum Gasteiger partial charge on any atom is -0.437 e. The van der Waals surface area contributed by atoms with E-state index in [0.29, 0.717) is 38.5 Å². The van der Waals surface area contributed by atoms with Gasteiger partial charge in [0.15, 0.2) is 11.3 Å². The zero-order valence-corrected chi connectivity index (χ0v) is 14.5. The summed E-state index contributed by atoms with van der Waals surface area (Å²) in [6, 6.07) is 1.38. The van der Waals surface area contributed by atoms with Crippen LogP contribution < -0.4 is 0 Å². The van der Waals surface area contributed by atoms with Crippen molar-refractivity contribution < 1.29 is 23.6 Å². The van der Waals surface area contributed by atoms with Crippen LogP contribution in [0.4, 0.5) is 4.79 Å². The second-order valence-electron chi connectivity index (χ2n) is 7.68.